The van der Waals surface area contributed by atoms with Crippen molar-refractivity contribution in [2.24, 2.45) is 0 Å². The first kappa shape index (κ1) is 22.1. The summed E-state index contributed by atoms with van der Waals surface area (Å²) in [6.45, 7) is 28.1. The van der Waals surface area contributed by atoms with E-state index in [0.717, 1.165) is 39.9 Å². The monoisotopic (exact) mass is 330 g/mol. The zero-order valence-electron chi connectivity index (χ0n) is 15.7. The van der Waals surface area contributed by atoms with Gasteiger partial charge < -0.3 is 0 Å². The fraction of sp³-hybridized carbons (Fsp3) is 0.120. The van der Waals surface area contributed by atoms with Crippen LogP contribution in [0.1, 0.15) is 20.3 Å². The van der Waals surface area contributed by atoms with E-state index in [4.69, 9.17) is 0 Å². The van der Waals surface area contributed by atoms with Gasteiger partial charge in [-0.25, -0.2) is 0 Å². The molecule has 0 atom stereocenters. The molecule has 0 bridgehead atoms. The molecule has 0 fully saturated rings. The van der Waals surface area contributed by atoms with E-state index in [1.807, 2.05) is 55.5 Å². The van der Waals surface area contributed by atoms with Gasteiger partial charge in [0.1, 0.15) is 0 Å². The molecule has 0 aromatic carbocycles. The summed E-state index contributed by atoms with van der Waals surface area (Å²) in [4.78, 5) is 0. The van der Waals surface area contributed by atoms with Crippen molar-refractivity contribution in [2.45, 2.75) is 20.3 Å². The Morgan fingerprint density at radius 1 is 0.760 bits per heavy atom. The average Bonchev–Trinajstić information content (AvgIpc) is 2.61. The van der Waals surface area contributed by atoms with Crippen LogP contribution in [0.2, 0.25) is 0 Å². The zero-order valence-corrected chi connectivity index (χ0v) is 15.7. The number of hydrogen-bond acceptors (Lipinski definition) is 0. The molecule has 130 valence electrons. The van der Waals surface area contributed by atoms with Gasteiger partial charge in [-0.15, -0.1) is 0 Å². The molecule has 0 heteroatoms. The van der Waals surface area contributed by atoms with Gasteiger partial charge in [0, 0.05) is 0 Å². The van der Waals surface area contributed by atoms with Crippen molar-refractivity contribution < 1.29 is 0 Å². The van der Waals surface area contributed by atoms with E-state index in [0.29, 0.717) is 0 Å². The molecule has 0 unspecified atom stereocenters. The highest BCUT2D eigenvalue weighted by molar-refractivity contribution is 5.60. The van der Waals surface area contributed by atoms with E-state index in [2.05, 4.69) is 46.4 Å². The Labute approximate surface area is 154 Å². The summed E-state index contributed by atoms with van der Waals surface area (Å²) in [6, 6.07) is 0. The maximum atomic E-state index is 4.16. The van der Waals surface area contributed by atoms with E-state index in [1.54, 1.807) is 12.2 Å². The van der Waals surface area contributed by atoms with Gasteiger partial charge in [0.25, 0.3) is 0 Å². The third-order valence-electron chi connectivity index (χ3n) is 3.54. The van der Waals surface area contributed by atoms with Gasteiger partial charge in [-0.3, -0.25) is 0 Å². The first-order valence-corrected chi connectivity index (χ1v) is 8.31. The lowest BCUT2D eigenvalue weighted by atomic mass is 9.93. The molecule has 0 aliphatic rings. The molecule has 0 aromatic rings. The highest BCUT2D eigenvalue weighted by atomic mass is 14.1. The van der Waals surface area contributed by atoms with Crippen molar-refractivity contribution >= 4 is 0 Å². The van der Waals surface area contributed by atoms with Crippen LogP contribution in [0.25, 0.3) is 0 Å². The van der Waals surface area contributed by atoms with E-state index < -0.39 is 0 Å². The standard InChI is InChI=1S/C25H30/c1-9-13-14-17-22(7)25(16-11-3)23(8)20(5)18-19-21(6)24(12-4)15-10-2/h9-11,13-19H,2-3,5-8,12H2,1,4H3/b13-9-,17-14-,19-18-,24-15+,25-16-. The molecule has 0 nitrogen and oxygen atoms in total. The maximum Gasteiger partial charge on any atom is -0.0118 e. The van der Waals surface area contributed by atoms with E-state index in [1.165, 1.54) is 0 Å². The fourth-order valence-corrected chi connectivity index (χ4v) is 2.07. The Balaban J connectivity index is 5.34. The molecule has 0 saturated carbocycles. The van der Waals surface area contributed by atoms with Gasteiger partial charge in [0.05, 0.1) is 0 Å². The summed E-state index contributed by atoms with van der Waals surface area (Å²) in [5.41, 5.74) is 5.47. The Morgan fingerprint density at radius 2 is 1.36 bits per heavy atom. The lowest BCUT2D eigenvalue weighted by Gasteiger charge is -2.11. The quantitative estimate of drug-likeness (QED) is 0.343. The van der Waals surface area contributed by atoms with Crippen LogP contribution in [0.3, 0.4) is 0 Å². The molecule has 0 aliphatic heterocycles. The molecule has 0 amide bonds. The van der Waals surface area contributed by atoms with Gasteiger partial charge in [-0.1, -0.05) is 107 Å². The van der Waals surface area contributed by atoms with E-state index in [-0.39, 0.29) is 0 Å². The van der Waals surface area contributed by atoms with Gasteiger partial charge in [-0.05, 0) is 46.8 Å². The van der Waals surface area contributed by atoms with Gasteiger partial charge >= 0.3 is 0 Å². The van der Waals surface area contributed by atoms with Crippen molar-refractivity contribution in [1.82, 2.24) is 0 Å². The van der Waals surface area contributed by atoms with Gasteiger partial charge in [0.2, 0.25) is 0 Å². The summed E-state index contributed by atoms with van der Waals surface area (Å²) in [6.07, 6.45) is 20.0. The smallest absolute Gasteiger partial charge is 0.0118 e. The minimum absolute atomic E-state index is 0.809. The van der Waals surface area contributed by atoms with Crippen LogP contribution < -0.4 is 0 Å². The molecule has 25 heavy (non-hydrogen) atoms. The first-order valence-electron chi connectivity index (χ1n) is 8.31. The molecule has 0 spiro atoms. The lowest BCUT2D eigenvalue weighted by molar-refractivity contribution is 1.13. The van der Waals surface area contributed by atoms with Crippen LogP contribution >= 0.6 is 0 Å². The summed E-state index contributed by atoms with van der Waals surface area (Å²) in [7, 11) is 0. The second-order valence-corrected chi connectivity index (χ2v) is 5.37. The summed E-state index contributed by atoms with van der Waals surface area (Å²) >= 11 is 0. The summed E-state index contributed by atoms with van der Waals surface area (Å²) in [5.74, 6) is 0. The van der Waals surface area contributed by atoms with Gasteiger partial charge in [0.15, 0.2) is 0 Å². The Morgan fingerprint density at radius 3 is 1.88 bits per heavy atom. The lowest BCUT2D eigenvalue weighted by Crippen LogP contribution is -1.93. The fourth-order valence-electron chi connectivity index (χ4n) is 2.07. The van der Waals surface area contributed by atoms with Crippen molar-refractivity contribution in [3.63, 3.8) is 0 Å². The molecule has 0 rings (SSSR count). The minimum Gasteiger partial charge on any atom is -0.0991 e. The third kappa shape index (κ3) is 7.99. The van der Waals surface area contributed by atoms with Crippen LogP contribution in [0.4, 0.5) is 0 Å². The number of rotatable bonds is 11. The van der Waals surface area contributed by atoms with Crippen molar-refractivity contribution in [3.8, 4) is 0 Å². The molecule has 0 saturated heterocycles. The van der Waals surface area contributed by atoms with Crippen molar-refractivity contribution in [3.05, 3.63) is 134 Å². The molecule has 0 heterocycles. The summed E-state index contributed by atoms with van der Waals surface area (Å²) < 4.78 is 0. The van der Waals surface area contributed by atoms with Crippen LogP contribution in [0.15, 0.2) is 134 Å². The topological polar surface area (TPSA) is 0 Å². The van der Waals surface area contributed by atoms with Crippen LogP contribution in [-0.2, 0) is 0 Å². The predicted molar refractivity (Wildman–Crippen MR) is 117 cm³/mol. The maximum absolute atomic E-state index is 4.16. The molecule has 0 radical (unpaired) electrons. The highest BCUT2D eigenvalue weighted by Gasteiger charge is 2.06. The molecular weight excluding hydrogens is 300 g/mol. The number of hydrogen-bond donors (Lipinski definition) is 0. The minimum atomic E-state index is 0.809. The molecule has 0 N–H and O–H groups in total. The normalized spacial score (nSPS) is 12.7. The Hall–Kier alpha value is -2.86. The van der Waals surface area contributed by atoms with Gasteiger partial charge in [-0.2, -0.15) is 0 Å². The van der Waals surface area contributed by atoms with Crippen LogP contribution in [0.5, 0.6) is 0 Å². The summed E-state index contributed by atoms with van der Waals surface area (Å²) in [5, 5.41) is 0. The molecule has 0 aromatic heterocycles. The predicted octanol–water partition coefficient (Wildman–Crippen LogP) is 7.53. The highest BCUT2D eigenvalue weighted by Crippen LogP contribution is 2.25. The third-order valence-corrected chi connectivity index (χ3v) is 3.54. The van der Waals surface area contributed by atoms with Crippen LogP contribution in [0, 0.1) is 0 Å². The zero-order chi connectivity index (χ0) is 19.2. The largest absolute Gasteiger partial charge is 0.0991 e. The molecule has 0 aliphatic carbocycles. The SMILES string of the molecule is C=C/C=C(/C(=C)/C=C\C=C/C)C(=C)C(=C)/C=C\C(=C)/C(=C/C=C)CC. The van der Waals surface area contributed by atoms with E-state index in [9.17, 15) is 0 Å². The van der Waals surface area contributed by atoms with E-state index >= 15 is 0 Å². The first-order chi connectivity index (χ1) is 11.9. The Bertz CT molecular complexity index is 694. The van der Waals surface area contributed by atoms with Crippen molar-refractivity contribution in [2.75, 3.05) is 0 Å². The second kappa shape index (κ2) is 12.5. The Kier molecular flexibility index (Phi) is 11.1. The average molecular weight is 331 g/mol. The number of allylic oxidation sites excluding steroid dienone is 16. The molecular formula is C25H30. The van der Waals surface area contributed by atoms with Crippen LogP contribution in [-0.4, -0.2) is 0 Å². The second-order valence-electron chi connectivity index (χ2n) is 5.37. The van der Waals surface area contributed by atoms with Crippen molar-refractivity contribution in [1.29, 1.82) is 0 Å².